The second kappa shape index (κ2) is 5.47. The van der Waals surface area contributed by atoms with Crippen molar-refractivity contribution in [3.63, 3.8) is 0 Å². The molecule has 112 valence electrons. The van der Waals surface area contributed by atoms with E-state index in [0.717, 1.165) is 16.7 Å². The monoisotopic (exact) mass is 278 g/mol. The van der Waals surface area contributed by atoms with Crippen molar-refractivity contribution >= 4 is 5.97 Å². The largest absolute Gasteiger partial charge is 0.508 e. The average Bonchev–Trinajstić information content (AvgIpc) is 2.18. The van der Waals surface area contributed by atoms with Gasteiger partial charge in [-0.1, -0.05) is 26.8 Å². The summed E-state index contributed by atoms with van der Waals surface area (Å²) < 4.78 is 5.31. The molecule has 0 radical (unpaired) electrons. The van der Waals surface area contributed by atoms with Crippen molar-refractivity contribution in [3.8, 4) is 5.75 Å². The SMILES string of the molecule is Cc1cc(C(C)(C)C)c(O)cc1CC(=O)OC(C)(C)C. The van der Waals surface area contributed by atoms with Gasteiger partial charge in [0.25, 0.3) is 0 Å². The molecule has 0 saturated carbocycles. The third-order valence-electron chi connectivity index (χ3n) is 3.02. The predicted molar refractivity (Wildman–Crippen MR) is 81.1 cm³/mol. The first-order chi connectivity index (χ1) is 8.90. The predicted octanol–water partition coefficient (Wildman–Crippen LogP) is 3.88. The van der Waals surface area contributed by atoms with Crippen LogP contribution in [0.15, 0.2) is 12.1 Å². The number of rotatable bonds is 2. The van der Waals surface area contributed by atoms with Crippen LogP contribution in [0.1, 0.15) is 58.2 Å². The summed E-state index contributed by atoms with van der Waals surface area (Å²) in [7, 11) is 0. The molecule has 0 atom stereocenters. The number of carbonyl (C=O) groups is 1. The van der Waals surface area contributed by atoms with E-state index < -0.39 is 5.60 Å². The minimum absolute atomic E-state index is 0.126. The number of phenolic OH excluding ortho intramolecular Hbond substituents is 1. The Morgan fingerprint density at radius 1 is 1.15 bits per heavy atom. The molecular formula is C17H26O3. The molecule has 0 bridgehead atoms. The summed E-state index contributed by atoms with van der Waals surface area (Å²) in [5.41, 5.74) is 2.09. The summed E-state index contributed by atoms with van der Waals surface area (Å²) in [5, 5.41) is 10.1. The molecule has 0 unspecified atom stereocenters. The summed E-state index contributed by atoms with van der Waals surface area (Å²) in [6, 6.07) is 3.63. The first kappa shape index (κ1) is 16.5. The number of aryl methyl sites for hydroxylation is 1. The van der Waals surface area contributed by atoms with Crippen molar-refractivity contribution in [3.05, 3.63) is 28.8 Å². The number of hydrogen-bond acceptors (Lipinski definition) is 3. The Morgan fingerprint density at radius 2 is 1.70 bits per heavy atom. The normalized spacial score (nSPS) is 12.3. The third kappa shape index (κ3) is 4.55. The number of benzene rings is 1. The second-order valence-electron chi connectivity index (χ2n) is 7.31. The van der Waals surface area contributed by atoms with E-state index in [-0.39, 0.29) is 23.6 Å². The van der Waals surface area contributed by atoms with Crippen molar-refractivity contribution in [1.82, 2.24) is 0 Å². The van der Waals surface area contributed by atoms with Crippen LogP contribution in [0.25, 0.3) is 0 Å². The zero-order chi connectivity index (χ0) is 15.7. The van der Waals surface area contributed by atoms with Crippen LogP contribution in [-0.2, 0) is 21.4 Å². The molecule has 0 fully saturated rings. The van der Waals surface area contributed by atoms with Crippen LogP contribution in [0.5, 0.6) is 5.75 Å². The Bertz CT molecular complexity index is 502. The number of phenols is 1. The molecule has 0 aliphatic rings. The molecule has 1 aromatic carbocycles. The molecule has 0 saturated heterocycles. The summed E-state index contributed by atoms with van der Waals surface area (Å²) in [4.78, 5) is 11.9. The summed E-state index contributed by atoms with van der Waals surface area (Å²) in [5.74, 6) is -0.0369. The Morgan fingerprint density at radius 3 is 2.15 bits per heavy atom. The molecule has 1 aromatic rings. The quantitative estimate of drug-likeness (QED) is 0.835. The van der Waals surface area contributed by atoms with Crippen LogP contribution in [0.3, 0.4) is 0 Å². The topological polar surface area (TPSA) is 46.5 Å². The fourth-order valence-corrected chi connectivity index (χ4v) is 2.06. The summed E-state index contributed by atoms with van der Waals surface area (Å²) in [6.07, 6.45) is 0.182. The smallest absolute Gasteiger partial charge is 0.310 e. The second-order valence-corrected chi connectivity index (χ2v) is 7.31. The number of ether oxygens (including phenoxy) is 1. The minimum atomic E-state index is -0.488. The molecule has 3 heteroatoms. The van der Waals surface area contributed by atoms with Crippen molar-refractivity contribution in [1.29, 1.82) is 0 Å². The molecule has 0 spiro atoms. The number of esters is 1. The lowest BCUT2D eigenvalue weighted by Gasteiger charge is -2.23. The van der Waals surface area contributed by atoms with E-state index in [1.165, 1.54) is 0 Å². The van der Waals surface area contributed by atoms with Crippen LogP contribution >= 0.6 is 0 Å². The first-order valence-electron chi connectivity index (χ1n) is 6.95. The maximum absolute atomic E-state index is 11.9. The average molecular weight is 278 g/mol. The maximum atomic E-state index is 11.9. The van der Waals surface area contributed by atoms with E-state index >= 15 is 0 Å². The van der Waals surface area contributed by atoms with Gasteiger partial charge in [0.05, 0.1) is 6.42 Å². The van der Waals surface area contributed by atoms with Crippen molar-refractivity contribution in [2.24, 2.45) is 0 Å². The van der Waals surface area contributed by atoms with Gasteiger partial charge in [0.1, 0.15) is 11.4 Å². The molecule has 0 aliphatic heterocycles. The van der Waals surface area contributed by atoms with Gasteiger partial charge >= 0.3 is 5.97 Å². The van der Waals surface area contributed by atoms with Gasteiger partial charge in [-0.25, -0.2) is 0 Å². The van der Waals surface area contributed by atoms with Crippen molar-refractivity contribution in [2.45, 2.75) is 65.9 Å². The maximum Gasteiger partial charge on any atom is 0.310 e. The van der Waals surface area contributed by atoms with Gasteiger partial charge in [0.2, 0.25) is 0 Å². The molecule has 1 rings (SSSR count). The standard InChI is InChI=1S/C17H26O3/c1-11-8-13(16(2,3)4)14(18)9-12(11)10-15(19)20-17(5,6)7/h8-9,18H,10H2,1-7H3. The number of hydrogen-bond donors (Lipinski definition) is 1. The lowest BCUT2D eigenvalue weighted by Crippen LogP contribution is -2.25. The van der Waals surface area contributed by atoms with Gasteiger partial charge in [0, 0.05) is 0 Å². The van der Waals surface area contributed by atoms with Crippen LogP contribution < -0.4 is 0 Å². The number of aromatic hydroxyl groups is 1. The lowest BCUT2D eigenvalue weighted by molar-refractivity contribution is -0.153. The Balaban J connectivity index is 2.99. The summed E-state index contributed by atoms with van der Waals surface area (Å²) >= 11 is 0. The highest BCUT2D eigenvalue weighted by atomic mass is 16.6. The highest BCUT2D eigenvalue weighted by molar-refractivity contribution is 5.74. The van der Waals surface area contributed by atoms with Gasteiger partial charge in [-0.3, -0.25) is 4.79 Å². The number of carbonyl (C=O) groups excluding carboxylic acids is 1. The van der Waals surface area contributed by atoms with E-state index in [4.69, 9.17) is 4.74 Å². The van der Waals surface area contributed by atoms with Crippen LogP contribution in [-0.4, -0.2) is 16.7 Å². The van der Waals surface area contributed by atoms with E-state index in [0.29, 0.717) is 0 Å². The van der Waals surface area contributed by atoms with Crippen LogP contribution in [0, 0.1) is 6.92 Å². The lowest BCUT2D eigenvalue weighted by atomic mass is 9.84. The molecule has 20 heavy (non-hydrogen) atoms. The van der Waals surface area contributed by atoms with Gasteiger partial charge in [-0.15, -0.1) is 0 Å². The Labute approximate surface area is 122 Å². The molecule has 3 nitrogen and oxygen atoms in total. The molecule has 1 N–H and O–H groups in total. The van der Waals surface area contributed by atoms with Gasteiger partial charge < -0.3 is 9.84 Å². The summed E-state index contributed by atoms with van der Waals surface area (Å²) in [6.45, 7) is 13.6. The van der Waals surface area contributed by atoms with E-state index in [2.05, 4.69) is 20.8 Å². The Kier molecular flexibility index (Phi) is 4.52. The first-order valence-corrected chi connectivity index (χ1v) is 6.95. The highest BCUT2D eigenvalue weighted by Crippen LogP contribution is 2.33. The molecule has 0 heterocycles. The van der Waals surface area contributed by atoms with Crippen molar-refractivity contribution in [2.75, 3.05) is 0 Å². The van der Waals surface area contributed by atoms with Gasteiger partial charge in [0.15, 0.2) is 0 Å². The fraction of sp³-hybridized carbons (Fsp3) is 0.588. The zero-order valence-electron chi connectivity index (χ0n) is 13.6. The van der Waals surface area contributed by atoms with Crippen LogP contribution in [0.2, 0.25) is 0 Å². The fourth-order valence-electron chi connectivity index (χ4n) is 2.06. The molecule has 0 amide bonds. The minimum Gasteiger partial charge on any atom is -0.508 e. The van der Waals surface area contributed by atoms with E-state index in [9.17, 15) is 9.90 Å². The molecular weight excluding hydrogens is 252 g/mol. The third-order valence-corrected chi connectivity index (χ3v) is 3.02. The zero-order valence-corrected chi connectivity index (χ0v) is 13.6. The van der Waals surface area contributed by atoms with E-state index in [1.807, 2.05) is 33.8 Å². The molecule has 0 aliphatic carbocycles. The Hall–Kier alpha value is -1.51. The molecule has 0 aromatic heterocycles. The van der Waals surface area contributed by atoms with Gasteiger partial charge in [-0.2, -0.15) is 0 Å². The van der Waals surface area contributed by atoms with Gasteiger partial charge in [-0.05, 0) is 55.9 Å². The highest BCUT2D eigenvalue weighted by Gasteiger charge is 2.21. The van der Waals surface area contributed by atoms with E-state index in [1.54, 1.807) is 6.07 Å². The van der Waals surface area contributed by atoms with Crippen molar-refractivity contribution < 1.29 is 14.6 Å². The van der Waals surface area contributed by atoms with Crippen LogP contribution in [0.4, 0.5) is 0 Å².